The highest BCUT2D eigenvalue weighted by Gasteiger charge is 2.33. The molecule has 0 aliphatic rings. The molecule has 30 heavy (non-hydrogen) atoms. The number of carbonyl (C=O) groups excluding carboxylic acids is 1. The van der Waals surface area contributed by atoms with Gasteiger partial charge in [-0.05, 0) is 36.1 Å². The number of aromatic nitrogens is 2. The van der Waals surface area contributed by atoms with Gasteiger partial charge in [0.1, 0.15) is 0 Å². The van der Waals surface area contributed by atoms with Crippen LogP contribution in [0.15, 0.2) is 41.9 Å². The Morgan fingerprint density at radius 2 is 2.03 bits per heavy atom. The first kappa shape index (κ1) is 22.0. The Labute approximate surface area is 176 Å². The number of hydrogen-bond acceptors (Lipinski definition) is 4. The van der Waals surface area contributed by atoms with Crippen LogP contribution in [0.2, 0.25) is 0 Å². The number of nitrogens with two attached hydrogens (primary N) is 1. The monoisotopic (exact) mass is 436 g/mol. The smallest absolute Gasteiger partial charge is 0.347 e. The zero-order chi connectivity index (χ0) is 21.9. The molecule has 5 nitrogen and oxygen atoms in total. The second-order valence-corrected chi connectivity index (χ2v) is 7.87. The van der Waals surface area contributed by atoms with Crippen molar-refractivity contribution >= 4 is 17.2 Å². The highest BCUT2D eigenvalue weighted by Crippen LogP contribution is 2.32. The Hall–Kier alpha value is -2.65. The van der Waals surface area contributed by atoms with Crippen molar-refractivity contribution < 1.29 is 18.0 Å². The molecule has 3 N–H and O–H groups in total. The molecule has 0 saturated heterocycles. The molecular weight excluding hydrogens is 413 g/mol. The van der Waals surface area contributed by atoms with Gasteiger partial charge >= 0.3 is 6.18 Å². The zero-order valence-electron chi connectivity index (χ0n) is 16.7. The largest absolute Gasteiger partial charge is 0.416 e. The molecule has 9 heteroatoms. The molecule has 0 aliphatic carbocycles. The fraction of sp³-hybridized carbons (Fsp3) is 0.333. The summed E-state index contributed by atoms with van der Waals surface area (Å²) in [5.41, 5.74) is 8.04. The molecule has 0 fully saturated rings. The van der Waals surface area contributed by atoms with Gasteiger partial charge in [-0.3, -0.25) is 9.48 Å². The summed E-state index contributed by atoms with van der Waals surface area (Å²) < 4.78 is 41.5. The Balaban J connectivity index is 1.76. The summed E-state index contributed by atoms with van der Waals surface area (Å²) in [5, 5.41) is 8.91. The molecule has 0 aliphatic heterocycles. The maximum absolute atomic E-state index is 13.2. The minimum Gasteiger partial charge on any atom is -0.347 e. The van der Waals surface area contributed by atoms with Gasteiger partial charge in [-0.1, -0.05) is 25.1 Å². The van der Waals surface area contributed by atoms with Crippen LogP contribution in [0.25, 0.3) is 11.3 Å². The summed E-state index contributed by atoms with van der Waals surface area (Å²) in [6.07, 6.45) is -1.84. The zero-order valence-corrected chi connectivity index (χ0v) is 17.5. The third kappa shape index (κ3) is 4.73. The second kappa shape index (κ2) is 9.01. The number of aryl methyl sites for hydroxylation is 2. The molecule has 0 bridgehead atoms. The van der Waals surface area contributed by atoms with Crippen LogP contribution in [0.4, 0.5) is 13.2 Å². The van der Waals surface area contributed by atoms with Crippen LogP contribution in [0.5, 0.6) is 0 Å². The summed E-state index contributed by atoms with van der Waals surface area (Å²) in [6, 6.07) is 6.50. The second-order valence-electron chi connectivity index (χ2n) is 6.96. The number of nitrogens with one attached hydrogen (secondary N) is 1. The van der Waals surface area contributed by atoms with Gasteiger partial charge in [-0.2, -0.15) is 18.3 Å². The van der Waals surface area contributed by atoms with E-state index in [1.807, 2.05) is 19.4 Å². The topological polar surface area (TPSA) is 72.9 Å². The van der Waals surface area contributed by atoms with Gasteiger partial charge in [0.15, 0.2) is 0 Å². The molecule has 0 radical (unpaired) electrons. The van der Waals surface area contributed by atoms with Crippen molar-refractivity contribution in [1.29, 1.82) is 0 Å². The van der Waals surface area contributed by atoms with Crippen LogP contribution in [0.3, 0.4) is 0 Å². The van der Waals surface area contributed by atoms with Crippen LogP contribution < -0.4 is 11.1 Å². The van der Waals surface area contributed by atoms with Crippen molar-refractivity contribution in [2.45, 2.75) is 32.0 Å². The van der Waals surface area contributed by atoms with E-state index in [0.29, 0.717) is 4.88 Å². The summed E-state index contributed by atoms with van der Waals surface area (Å²) in [4.78, 5) is 13.2. The molecular formula is C21H23F3N4OS. The Kier molecular flexibility index (Phi) is 6.62. The van der Waals surface area contributed by atoms with Crippen molar-refractivity contribution in [3.05, 3.63) is 63.5 Å². The first-order valence-corrected chi connectivity index (χ1v) is 10.4. The summed E-state index contributed by atoms with van der Waals surface area (Å²) in [6.45, 7) is 2.06. The first-order valence-electron chi connectivity index (χ1n) is 9.50. The standard InChI is InChI=1S/C21H23F3N4OS/c1-3-13-11-26-28(2)19(13)15-9-18(30-12-15)20(29)27-16(10-25)8-14-6-4-5-7-17(14)21(22,23)24/h4-7,9,11-12,16H,3,8,10,25H2,1-2H3,(H,27,29). The number of rotatable bonds is 7. The lowest BCUT2D eigenvalue weighted by Gasteiger charge is -2.19. The quantitative estimate of drug-likeness (QED) is 0.587. The molecule has 3 aromatic rings. The average Bonchev–Trinajstić information content (AvgIpc) is 3.33. The summed E-state index contributed by atoms with van der Waals surface area (Å²) in [7, 11) is 1.84. The van der Waals surface area contributed by atoms with Gasteiger partial charge in [0.2, 0.25) is 0 Å². The third-order valence-electron chi connectivity index (χ3n) is 4.90. The molecule has 1 aromatic carbocycles. The van der Waals surface area contributed by atoms with Gasteiger partial charge in [0, 0.05) is 30.6 Å². The van der Waals surface area contributed by atoms with Crippen LogP contribution in [0, 0.1) is 0 Å². The molecule has 2 aromatic heterocycles. The van der Waals surface area contributed by atoms with E-state index < -0.39 is 17.8 Å². The first-order chi connectivity index (χ1) is 14.2. The lowest BCUT2D eigenvalue weighted by Crippen LogP contribution is -2.41. The third-order valence-corrected chi connectivity index (χ3v) is 5.83. The minimum atomic E-state index is -4.46. The van der Waals surface area contributed by atoms with Crippen LogP contribution in [0.1, 0.15) is 33.3 Å². The van der Waals surface area contributed by atoms with E-state index in [1.165, 1.54) is 23.5 Å². The Morgan fingerprint density at radius 1 is 1.30 bits per heavy atom. The van der Waals surface area contributed by atoms with Crippen molar-refractivity contribution in [1.82, 2.24) is 15.1 Å². The van der Waals surface area contributed by atoms with E-state index in [1.54, 1.807) is 23.0 Å². The fourth-order valence-electron chi connectivity index (χ4n) is 3.38. The Morgan fingerprint density at radius 3 is 2.70 bits per heavy atom. The van der Waals surface area contributed by atoms with Gasteiger partial charge in [-0.25, -0.2) is 0 Å². The van der Waals surface area contributed by atoms with Crippen molar-refractivity contribution in [2.24, 2.45) is 12.8 Å². The van der Waals surface area contributed by atoms with E-state index in [0.717, 1.165) is 29.3 Å². The molecule has 3 rings (SSSR count). The lowest BCUT2D eigenvalue weighted by molar-refractivity contribution is -0.138. The number of carbonyl (C=O) groups is 1. The molecule has 160 valence electrons. The van der Waals surface area contributed by atoms with E-state index in [2.05, 4.69) is 10.4 Å². The van der Waals surface area contributed by atoms with Crippen LogP contribution in [-0.2, 0) is 26.1 Å². The number of benzene rings is 1. The van der Waals surface area contributed by atoms with Crippen molar-refractivity contribution in [2.75, 3.05) is 6.54 Å². The van der Waals surface area contributed by atoms with Crippen molar-refractivity contribution in [3.8, 4) is 11.3 Å². The molecule has 0 saturated carbocycles. The average molecular weight is 437 g/mol. The maximum Gasteiger partial charge on any atom is 0.416 e. The molecule has 0 spiro atoms. The van der Waals surface area contributed by atoms with Gasteiger partial charge in [-0.15, -0.1) is 11.3 Å². The van der Waals surface area contributed by atoms with Crippen molar-refractivity contribution in [3.63, 3.8) is 0 Å². The predicted molar refractivity (Wildman–Crippen MR) is 111 cm³/mol. The Bertz CT molecular complexity index is 1030. The minimum absolute atomic E-state index is 0.00211. The summed E-state index contributed by atoms with van der Waals surface area (Å²) in [5.74, 6) is -0.355. The lowest BCUT2D eigenvalue weighted by atomic mass is 9.99. The van der Waals surface area contributed by atoms with Gasteiger partial charge in [0.25, 0.3) is 5.91 Å². The van der Waals surface area contributed by atoms with Gasteiger partial charge < -0.3 is 11.1 Å². The van der Waals surface area contributed by atoms with E-state index in [9.17, 15) is 18.0 Å². The van der Waals surface area contributed by atoms with E-state index >= 15 is 0 Å². The molecule has 2 heterocycles. The highest BCUT2D eigenvalue weighted by molar-refractivity contribution is 7.12. The number of hydrogen-bond donors (Lipinski definition) is 2. The van der Waals surface area contributed by atoms with E-state index in [-0.39, 0.29) is 24.4 Å². The molecule has 1 amide bonds. The van der Waals surface area contributed by atoms with Gasteiger partial charge in [0.05, 0.1) is 22.3 Å². The number of thiophene rings is 1. The molecule has 1 atom stereocenters. The SMILES string of the molecule is CCc1cnn(C)c1-c1csc(C(=O)NC(CN)Cc2ccccc2C(F)(F)F)c1. The predicted octanol–water partition coefficient (Wildman–Crippen LogP) is 4.03. The maximum atomic E-state index is 13.2. The number of halogens is 3. The summed E-state index contributed by atoms with van der Waals surface area (Å²) >= 11 is 1.28. The molecule has 1 unspecified atom stereocenters. The normalized spacial score (nSPS) is 12.7. The fourth-order valence-corrected chi connectivity index (χ4v) is 4.18. The van der Waals surface area contributed by atoms with Crippen LogP contribution in [-0.4, -0.2) is 28.3 Å². The van der Waals surface area contributed by atoms with E-state index in [4.69, 9.17) is 5.73 Å². The number of nitrogens with zero attached hydrogens (tertiary/aromatic N) is 2. The number of alkyl halides is 3. The highest BCUT2D eigenvalue weighted by atomic mass is 32.1. The number of amides is 1. The van der Waals surface area contributed by atoms with Crippen LogP contribution >= 0.6 is 11.3 Å².